The van der Waals surface area contributed by atoms with Crippen molar-refractivity contribution < 1.29 is 38.2 Å². The zero-order valence-corrected chi connectivity index (χ0v) is 19.6. The molecule has 1 aliphatic heterocycles. The molecule has 2 amide bonds. The molecule has 2 heterocycles. The Labute approximate surface area is 201 Å². The highest BCUT2D eigenvalue weighted by molar-refractivity contribution is 6.01. The fourth-order valence-corrected chi connectivity index (χ4v) is 3.56. The fourth-order valence-electron chi connectivity index (χ4n) is 3.56. The Kier molecular flexibility index (Phi) is 8.96. The van der Waals surface area contributed by atoms with Crippen molar-refractivity contribution in [3.63, 3.8) is 0 Å². The van der Waals surface area contributed by atoms with E-state index in [2.05, 4.69) is 15.6 Å². The highest BCUT2D eigenvalue weighted by Gasteiger charge is 2.33. The number of esters is 2. The lowest BCUT2D eigenvalue weighted by molar-refractivity contribution is -0.155. The number of aromatic nitrogens is 1. The summed E-state index contributed by atoms with van der Waals surface area (Å²) in [5, 5.41) is 14.2. The molecule has 1 aromatic heterocycles. The van der Waals surface area contributed by atoms with Crippen LogP contribution in [0.5, 0.6) is 0 Å². The number of cyclic esters (lactones) is 1. The van der Waals surface area contributed by atoms with E-state index in [1.165, 1.54) is 0 Å². The molecule has 11 nitrogen and oxygen atoms in total. The number of carbonyl (C=O) groups excluding carboxylic acids is 4. The lowest BCUT2D eigenvalue weighted by Crippen LogP contribution is -2.51. The van der Waals surface area contributed by atoms with E-state index >= 15 is 0 Å². The van der Waals surface area contributed by atoms with E-state index < -0.39 is 54.3 Å². The maximum atomic E-state index is 12.8. The molecule has 0 spiro atoms. The van der Waals surface area contributed by atoms with Crippen LogP contribution in [0, 0.1) is 11.8 Å². The topological polar surface area (TPSA) is 157 Å². The molecule has 4 atom stereocenters. The zero-order valence-electron chi connectivity index (χ0n) is 19.6. The van der Waals surface area contributed by atoms with E-state index in [-0.39, 0.29) is 25.9 Å². The Morgan fingerprint density at radius 3 is 2.71 bits per heavy atom. The molecule has 1 aromatic carbocycles. The highest BCUT2D eigenvalue weighted by atomic mass is 16.5. The van der Waals surface area contributed by atoms with E-state index in [0.717, 1.165) is 7.11 Å². The van der Waals surface area contributed by atoms with Crippen LogP contribution in [0.3, 0.4) is 0 Å². The van der Waals surface area contributed by atoms with Gasteiger partial charge in [0.1, 0.15) is 18.0 Å². The van der Waals surface area contributed by atoms with Gasteiger partial charge in [0.15, 0.2) is 17.5 Å². The second-order valence-electron chi connectivity index (χ2n) is 8.28. The summed E-state index contributed by atoms with van der Waals surface area (Å²) in [7, 11) is 1.14. The molecule has 0 bridgehead atoms. The summed E-state index contributed by atoms with van der Waals surface area (Å²) >= 11 is 0. The van der Waals surface area contributed by atoms with Gasteiger partial charge in [-0.05, 0) is 31.9 Å². The second kappa shape index (κ2) is 12.1. The minimum Gasteiger partial charge on any atom is -0.467 e. The van der Waals surface area contributed by atoms with Crippen molar-refractivity contribution >= 4 is 34.9 Å². The lowest BCUT2D eigenvalue weighted by atomic mass is 9.98. The van der Waals surface area contributed by atoms with E-state index in [1.54, 1.807) is 31.2 Å². The van der Waals surface area contributed by atoms with Crippen LogP contribution < -0.4 is 10.6 Å². The lowest BCUT2D eigenvalue weighted by Gasteiger charge is -2.23. The van der Waals surface area contributed by atoms with Crippen LogP contribution in [0.1, 0.15) is 25.7 Å². The molecular formula is C24H29N3O8. The molecule has 188 valence electrons. The van der Waals surface area contributed by atoms with Gasteiger partial charge in [0.05, 0.1) is 19.6 Å². The van der Waals surface area contributed by atoms with Gasteiger partial charge in [0.2, 0.25) is 11.8 Å². The van der Waals surface area contributed by atoms with Crippen LogP contribution in [0.15, 0.2) is 40.8 Å². The standard InChI is InChI=1S/C24H29N3O8/c1-14(12-28)25-21(29)16-8-4-3-7-15(11-20-26-17-9-5-6-10-19(17)35-20)23(31)34-13-18(24(32)33-2)27-22(16)30/h3-6,9-10,14-16,18,28H,7-8,11-13H2,1-2H3,(H,25,29)(H,27,30)/t14-,15?,16?,18?/m0/s1. The summed E-state index contributed by atoms with van der Waals surface area (Å²) in [5.41, 5.74) is 1.26. The molecule has 0 aliphatic carbocycles. The molecule has 35 heavy (non-hydrogen) atoms. The van der Waals surface area contributed by atoms with E-state index in [4.69, 9.17) is 13.9 Å². The zero-order chi connectivity index (χ0) is 25.4. The Morgan fingerprint density at radius 1 is 1.26 bits per heavy atom. The van der Waals surface area contributed by atoms with Gasteiger partial charge in [0, 0.05) is 12.5 Å². The van der Waals surface area contributed by atoms with Crippen molar-refractivity contribution in [2.45, 2.75) is 38.3 Å². The third-order valence-electron chi connectivity index (χ3n) is 5.54. The number of hydrogen-bond donors (Lipinski definition) is 3. The summed E-state index contributed by atoms with van der Waals surface area (Å²) in [6.07, 6.45) is 3.73. The Balaban J connectivity index is 1.82. The number of benzene rings is 1. The first kappa shape index (κ1) is 25.9. The number of amides is 2. The van der Waals surface area contributed by atoms with Gasteiger partial charge < -0.3 is 29.6 Å². The molecule has 3 unspecified atom stereocenters. The van der Waals surface area contributed by atoms with Crippen molar-refractivity contribution in [2.75, 3.05) is 20.3 Å². The van der Waals surface area contributed by atoms with Crippen LogP contribution >= 0.6 is 0 Å². The molecule has 3 N–H and O–H groups in total. The normalized spacial score (nSPS) is 22.3. The van der Waals surface area contributed by atoms with E-state index in [9.17, 15) is 24.3 Å². The van der Waals surface area contributed by atoms with Crippen LogP contribution in [-0.2, 0) is 35.1 Å². The van der Waals surface area contributed by atoms with Gasteiger partial charge in [-0.25, -0.2) is 9.78 Å². The molecule has 1 aliphatic rings. The number of aliphatic hydroxyl groups is 1. The summed E-state index contributed by atoms with van der Waals surface area (Å²) < 4.78 is 15.8. The van der Waals surface area contributed by atoms with Crippen molar-refractivity contribution in [2.24, 2.45) is 11.8 Å². The average Bonchev–Trinajstić information content (AvgIpc) is 3.26. The third kappa shape index (κ3) is 6.89. The van der Waals surface area contributed by atoms with Gasteiger partial charge in [-0.2, -0.15) is 0 Å². The molecular weight excluding hydrogens is 458 g/mol. The molecule has 2 aromatic rings. The van der Waals surface area contributed by atoms with Gasteiger partial charge in [0.25, 0.3) is 0 Å². The largest absolute Gasteiger partial charge is 0.467 e. The first-order valence-corrected chi connectivity index (χ1v) is 11.3. The van der Waals surface area contributed by atoms with Crippen LogP contribution in [-0.4, -0.2) is 66.3 Å². The first-order chi connectivity index (χ1) is 16.8. The minimum absolute atomic E-state index is 0.0222. The molecule has 0 saturated heterocycles. The number of fused-ring (bicyclic) bond motifs is 1. The number of rotatable bonds is 6. The summed E-state index contributed by atoms with van der Waals surface area (Å²) in [5.74, 6) is -4.22. The number of nitrogens with zero attached hydrogens (tertiary/aromatic N) is 1. The summed E-state index contributed by atoms with van der Waals surface area (Å²) in [4.78, 5) is 54.9. The van der Waals surface area contributed by atoms with Gasteiger partial charge in [-0.1, -0.05) is 24.3 Å². The average molecular weight is 488 g/mol. The Morgan fingerprint density at radius 2 is 2.00 bits per heavy atom. The van der Waals surface area contributed by atoms with Crippen LogP contribution in [0.2, 0.25) is 0 Å². The smallest absolute Gasteiger partial charge is 0.331 e. The maximum Gasteiger partial charge on any atom is 0.331 e. The van der Waals surface area contributed by atoms with Crippen molar-refractivity contribution in [3.05, 3.63) is 42.3 Å². The second-order valence-corrected chi connectivity index (χ2v) is 8.28. The number of hydrogen-bond acceptors (Lipinski definition) is 9. The predicted octanol–water partition coefficient (Wildman–Crippen LogP) is 0.651. The number of para-hydroxylation sites is 2. The SMILES string of the molecule is COC(=O)C1COC(=O)C(Cc2nc3ccccc3o2)CC=CCC(C(=O)N[C@@H](C)CO)C(=O)N1. The first-order valence-electron chi connectivity index (χ1n) is 11.3. The number of allylic oxidation sites excluding steroid dienone is 2. The molecule has 3 rings (SSSR count). The molecule has 0 saturated carbocycles. The van der Waals surface area contributed by atoms with Crippen LogP contribution in [0.4, 0.5) is 0 Å². The number of ether oxygens (including phenoxy) is 2. The monoisotopic (exact) mass is 487 g/mol. The van der Waals surface area contributed by atoms with Gasteiger partial charge >= 0.3 is 11.9 Å². The van der Waals surface area contributed by atoms with Gasteiger partial charge in [-0.15, -0.1) is 0 Å². The highest BCUT2D eigenvalue weighted by Crippen LogP contribution is 2.21. The molecule has 0 radical (unpaired) electrons. The Hall–Kier alpha value is -3.73. The van der Waals surface area contributed by atoms with Crippen molar-refractivity contribution in [1.82, 2.24) is 15.6 Å². The maximum absolute atomic E-state index is 12.8. The van der Waals surface area contributed by atoms with Crippen molar-refractivity contribution in [3.8, 4) is 0 Å². The number of carbonyl (C=O) groups is 4. The Bertz CT molecular complexity index is 1060. The van der Waals surface area contributed by atoms with E-state index in [0.29, 0.717) is 17.0 Å². The van der Waals surface area contributed by atoms with Crippen molar-refractivity contribution in [1.29, 1.82) is 0 Å². The third-order valence-corrected chi connectivity index (χ3v) is 5.54. The quantitative estimate of drug-likeness (QED) is 0.302. The number of nitrogens with one attached hydrogen (secondary N) is 2. The summed E-state index contributed by atoms with van der Waals surface area (Å²) in [6.45, 7) is 0.828. The van der Waals surface area contributed by atoms with E-state index in [1.807, 2.05) is 12.1 Å². The van der Waals surface area contributed by atoms with Crippen LogP contribution in [0.25, 0.3) is 11.1 Å². The predicted molar refractivity (Wildman–Crippen MR) is 123 cm³/mol. The fraction of sp³-hybridized carbons (Fsp3) is 0.458. The number of oxazole rings is 1. The van der Waals surface area contributed by atoms with Gasteiger partial charge in [-0.3, -0.25) is 14.4 Å². The summed E-state index contributed by atoms with van der Waals surface area (Å²) in [6, 6.07) is 5.37. The molecule has 11 heteroatoms. The number of aliphatic hydroxyl groups excluding tert-OH is 1. The number of methoxy groups -OCH3 is 1. The minimum atomic E-state index is -1.30. The molecule has 0 fully saturated rings.